The minimum atomic E-state index is 0. The van der Waals surface area contributed by atoms with Crippen LogP contribution in [0, 0.1) is 0 Å². The summed E-state index contributed by atoms with van der Waals surface area (Å²) in [4.78, 5) is 4.83. The molecular weight excluding hydrogens is 319 g/mol. The molecule has 0 aromatic heterocycles. The fraction of sp³-hybridized carbons (Fsp3) is 0.647. The lowest BCUT2D eigenvalue weighted by molar-refractivity contribution is 0.469. The van der Waals surface area contributed by atoms with E-state index in [9.17, 15) is 5.11 Å². The minimum absolute atomic E-state index is 0. The zero-order chi connectivity index (χ0) is 13.8. The summed E-state index contributed by atoms with van der Waals surface area (Å²) in [6, 6.07) is 6.16. The Morgan fingerprint density at radius 1 is 0.682 bits per heavy atom. The van der Waals surface area contributed by atoms with Gasteiger partial charge >= 0.3 is 0 Å². The highest BCUT2D eigenvalue weighted by molar-refractivity contribution is 5.85. The van der Waals surface area contributed by atoms with Crippen LogP contribution in [0.25, 0.3) is 0 Å². The van der Waals surface area contributed by atoms with Crippen LogP contribution in [0.4, 0.5) is 11.4 Å². The Balaban J connectivity index is 0.00000121. The van der Waals surface area contributed by atoms with Crippen molar-refractivity contribution in [3.8, 4) is 5.75 Å². The van der Waals surface area contributed by atoms with E-state index in [1.54, 1.807) is 0 Å². The van der Waals surface area contributed by atoms with E-state index in [4.69, 9.17) is 0 Å². The molecule has 0 amide bonds. The lowest BCUT2D eigenvalue weighted by Gasteiger charge is -2.31. The van der Waals surface area contributed by atoms with Crippen molar-refractivity contribution in [1.82, 2.24) is 0 Å². The van der Waals surface area contributed by atoms with Crippen molar-refractivity contribution in [3.63, 3.8) is 0 Å². The first kappa shape index (κ1) is 19.2. The molecule has 0 bridgehead atoms. The van der Waals surface area contributed by atoms with Crippen LogP contribution in [0.3, 0.4) is 0 Å². The van der Waals surface area contributed by atoms with Crippen molar-refractivity contribution in [1.29, 1.82) is 0 Å². The first-order valence-electron chi connectivity index (χ1n) is 8.17. The molecule has 0 aliphatic carbocycles. The van der Waals surface area contributed by atoms with Crippen LogP contribution in [0.2, 0.25) is 0 Å². The predicted octanol–water partition coefficient (Wildman–Crippen LogP) is 4.61. The molecule has 1 aromatic carbocycles. The van der Waals surface area contributed by atoms with Gasteiger partial charge in [0.2, 0.25) is 0 Å². The number of hydrogen-bond acceptors (Lipinski definition) is 3. The average molecular weight is 347 g/mol. The molecule has 22 heavy (non-hydrogen) atoms. The second kappa shape index (κ2) is 9.36. The molecule has 2 aliphatic rings. The molecule has 0 atom stereocenters. The third-order valence-electron chi connectivity index (χ3n) is 4.63. The van der Waals surface area contributed by atoms with Gasteiger partial charge in [0.15, 0.2) is 0 Å². The number of halogens is 2. The van der Waals surface area contributed by atoms with Crippen LogP contribution in [0.15, 0.2) is 18.2 Å². The number of hydrogen-bond donors (Lipinski definition) is 1. The second-order valence-corrected chi connectivity index (χ2v) is 6.12. The molecule has 0 spiro atoms. The zero-order valence-electron chi connectivity index (χ0n) is 13.2. The topological polar surface area (TPSA) is 26.7 Å². The van der Waals surface area contributed by atoms with Crippen molar-refractivity contribution >= 4 is 36.2 Å². The zero-order valence-corrected chi connectivity index (χ0v) is 14.8. The lowest BCUT2D eigenvalue weighted by Crippen LogP contribution is -2.30. The maximum atomic E-state index is 10.2. The molecular formula is C17H28Cl2N2O. The van der Waals surface area contributed by atoms with Gasteiger partial charge in [0.05, 0.1) is 5.69 Å². The Bertz CT molecular complexity index is 442. The van der Waals surface area contributed by atoms with Gasteiger partial charge < -0.3 is 14.9 Å². The van der Waals surface area contributed by atoms with Crippen molar-refractivity contribution in [2.24, 2.45) is 0 Å². The number of piperidine rings is 1. The maximum absolute atomic E-state index is 10.2. The molecule has 0 radical (unpaired) electrons. The SMILES string of the molecule is Cl.Cl.Oc1ccc(N2CCCCCC2)cc1N1CCCCC1. The summed E-state index contributed by atoms with van der Waals surface area (Å²) in [6.45, 7) is 4.47. The van der Waals surface area contributed by atoms with Gasteiger partial charge in [-0.15, -0.1) is 24.8 Å². The Labute approximate surface area is 146 Å². The molecule has 2 fully saturated rings. The van der Waals surface area contributed by atoms with Crippen LogP contribution in [-0.4, -0.2) is 31.3 Å². The molecule has 1 aromatic rings. The first-order valence-corrected chi connectivity index (χ1v) is 8.17. The molecule has 5 heteroatoms. The number of anilines is 2. The molecule has 3 rings (SSSR count). The Hall–Kier alpha value is -0.800. The number of rotatable bonds is 2. The quantitative estimate of drug-likeness (QED) is 0.847. The third-order valence-corrected chi connectivity index (χ3v) is 4.63. The monoisotopic (exact) mass is 346 g/mol. The van der Waals surface area contributed by atoms with Gasteiger partial charge in [0, 0.05) is 31.9 Å². The van der Waals surface area contributed by atoms with Gasteiger partial charge in [-0.3, -0.25) is 0 Å². The van der Waals surface area contributed by atoms with Gasteiger partial charge in [-0.2, -0.15) is 0 Å². The number of benzene rings is 1. The van der Waals surface area contributed by atoms with E-state index in [0.717, 1.165) is 31.9 Å². The Morgan fingerprint density at radius 3 is 1.77 bits per heavy atom. The van der Waals surface area contributed by atoms with E-state index in [1.165, 1.54) is 50.6 Å². The van der Waals surface area contributed by atoms with Gasteiger partial charge in [-0.1, -0.05) is 12.8 Å². The number of phenolic OH excluding ortho intramolecular Hbond substituents is 1. The fourth-order valence-corrected chi connectivity index (χ4v) is 3.43. The summed E-state index contributed by atoms with van der Waals surface area (Å²) in [5, 5.41) is 10.2. The largest absolute Gasteiger partial charge is 0.506 e. The van der Waals surface area contributed by atoms with Gasteiger partial charge in [0.1, 0.15) is 5.75 Å². The standard InChI is InChI=1S/C17H26N2O.2ClH/c20-17-9-8-15(18-10-4-1-2-5-11-18)14-16(17)19-12-6-3-7-13-19;;/h8-9,14,20H,1-7,10-13H2;2*1H. The van der Waals surface area contributed by atoms with Crippen molar-refractivity contribution in [2.45, 2.75) is 44.9 Å². The van der Waals surface area contributed by atoms with Crippen LogP contribution in [0.5, 0.6) is 5.75 Å². The summed E-state index contributed by atoms with van der Waals surface area (Å²) in [5.41, 5.74) is 2.32. The summed E-state index contributed by atoms with van der Waals surface area (Å²) in [6.07, 6.45) is 9.10. The summed E-state index contributed by atoms with van der Waals surface area (Å²) >= 11 is 0. The van der Waals surface area contributed by atoms with Crippen molar-refractivity contribution in [3.05, 3.63) is 18.2 Å². The Kier molecular flexibility index (Phi) is 8.19. The molecule has 2 aliphatic heterocycles. The minimum Gasteiger partial charge on any atom is -0.506 e. The number of nitrogens with zero attached hydrogens (tertiary/aromatic N) is 2. The lowest BCUT2D eigenvalue weighted by atomic mass is 10.1. The van der Waals surface area contributed by atoms with Crippen LogP contribution in [-0.2, 0) is 0 Å². The average Bonchev–Trinajstić information content (AvgIpc) is 2.78. The summed E-state index contributed by atoms with van der Waals surface area (Å²) < 4.78 is 0. The smallest absolute Gasteiger partial charge is 0.139 e. The highest BCUT2D eigenvalue weighted by Crippen LogP contribution is 2.34. The fourth-order valence-electron chi connectivity index (χ4n) is 3.43. The maximum Gasteiger partial charge on any atom is 0.139 e. The molecule has 3 nitrogen and oxygen atoms in total. The summed E-state index contributed by atoms with van der Waals surface area (Å²) in [5.74, 6) is 0.436. The highest BCUT2D eigenvalue weighted by Gasteiger charge is 2.17. The molecule has 2 saturated heterocycles. The predicted molar refractivity (Wildman–Crippen MR) is 99.3 cm³/mol. The Morgan fingerprint density at radius 2 is 1.18 bits per heavy atom. The highest BCUT2D eigenvalue weighted by atomic mass is 35.5. The normalized spacial score (nSPS) is 18.9. The van der Waals surface area contributed by atoms with E-state index in [2.05, 4.69) is 21.9 Å². The van der Waals surface area contributed by atoms with Crippen LogP contribution in [0.1, 0.15) is 44.9 Å². The van der Waals surface area contributed by atoms with E-state index in [0.29, 0.717) is 5.75 Å². The number of phenols is 1. The third kappa shape index (κ3) is 4.60. The summed E-state index contributed by atoms with van der Waals surface area (Å²) in [7, 11) is 0. The molecule has 0 unspecified atom stereocenters. The van der Waals surface area contributed by atoms with E-state index in [-0.39, 0.29) is 24.8 Å². The second-order valence-electron chi connectivity index (χ2n) is 6.12. The van der Waals surface area contributed by atoms with Crippen LogP contribution < -0.4 is 9.80 Å². The van der Waals surface area contributed by atoms with Crippen molar-refractivity contribution < 1.29 is 5.11 Å². The van der Waals surface area contributed by atoms with Gasteiger partial charge in [0.25, 0.3) is 0 Å². The number of aromatic hydroxyl groups is 1. The van der Waals surface area contributed by atoms with E-state index in [1.807, 2.05) is 6.07 Å². The van der Waals surface area contributed by atoms with Crippen molar-refractivity contribution in [2.75, 3.05) is 36.0 Å². The molecule has 2 heterocycles. The van der Waals surface area contributed by atoms with E-state index >= 15 is 0 Å². The first-order chi connectivity index (χ1) is 9.84. The van der Waals surface area contributed by atoms with Gasteiger partial charge in [-0.25, -0.2) is 0 Å². The van der Waals surface area contributed by atoms with E-state index < -0.39 is 0 Å². The molecule has 0 saturated carbocycles. The molecule has 1 N–H and O–H groups in total. The van der Waals surface area contributed by atoms with Crippen LogP contribution >= 0.6 is 24.8 Å². The molecule has 126 valence electrons. The van der Waals surface area contributed by atoms with Gasteiger partial charge in [-0.05, 0) is 50.3 Å².